The number of fused-ring (bicyclic) bond motifs is 13. The van der Waals surface area contributed by atoms with Crippen molar-refractivity contribution in [3.63, 3.8) is 0 Å². The maximum Gasteiger partial charge on any atom is 0.0725 e. The summed E-state index contributed by atoms with van der Waals surface area (Å²) in [5, 5.41) is 2.74. The van der Waals surface area contributed by atoms with E-state index in [1.807, 2.05) is 11.3 Å². The first kappa shape index (κ1) is 16.9. The molecule has 1 aromatic heterocycles. The maximum absolute atomic E-state index is 2.50. The highest BCUT2D eigenvalue weighted by Gasteiger charge is 2.51. The van der Waals surface area contributed by atoms with Crippen LogP contribution in [0.2, 0.25) is 0 Å². The van der Waals surface area contributed by atoms with Crippen molar-refractivity contribution in [1.82, 2.24) is 0 Å². The molecule has 1 heterocycles. The van der Waals surface area contributed by atoms with Gasteiger partial charge in [-0.25, -0.2) is 0 Å². The summed E-state index contributed by atoms with van der Waals surface area (Å²) in [5.74, 6) is 0. The highest BCUT2D eigenvalue weighted by Crippen LogP contribution is 2.63. The van der Waals surface area contributed by atoms with Crippen molar-refractivity contribution in [1.29, 1.82) is 0 Å². The Hall–Kier alpha value is -3.68. The Kier molecular flexibility index (Phi) is 3.05. The van der Waals surface area contributed by atoms with Crippen molar-refractivity contribution >= 4 is 31.5 Å². The van der Waals surface area contributed by atoms with Gasteiger partial charge in [-0.05, 0) is 62.7 Å². The molecule has 0 unspecified atom stereocenters. The quantitative estimate of drug-likeness (QED) is 0.230. The molecule has 1 spiro atoms. The number of hydrogen-bond acceptors (Lipinski definition) is 1. The van der Waals surface area contributed by atoms with Gasteiger partial charge in [-0.1, -0.05) is 91.0 Å². The minimum absolute atomic E-state index is 0.254. The zero-order chi connectivity index (χ0) is 20.9. The van der Waals surface area contributed by atoms with E-state index in [0.29, 0.717) is 0 Å². The van der Waals surface area contributed by atoms with Crippen molar-refractivity contribution in [2.75, 3.05) is 0 Å². The van der Waals surface area contributed by atoms with Crippen LogP contribution in [0.25, 0.3) is 42.4 Å². The van der Waals surface area contributed by atoms with E-state index in [0.717, 1.165) is 0 Å². The third-order valence-electron chi connectivity index (χ3n) is 7.49. The van der Waals surface area contributed by atoms with Crippen LogP contribution in [0.1, 0.15) is 22.3 Å². The second kappa shape index (κ2) is 5.76. The fourth-order valence-electron chi connectivity index (χ4n) is 6.31. The van der Waals surface area contributed by atoms with Gasteiger partial charge in [0.2, 0.25) is 0 Å². The summed E-state index contributed by atoms with van der Waals surface area (Å²) in [5.41, 5.74) is 10.9. The van der Waals surface area contributed by atoms with Gasteiger partial charge < -0.3 is 0 Å². The molecule has 2 aliphatic rings. The van der Waals surface area contributed by atoms with E-state index < -0.39 is 0 Å². The first-order valence-corrected chi connectivity index (χ1v) is 11.9. The zero-order valence-corrected chi connectivity index (χ0v) is 18.1. The molecule has 8 rings (SSSR count). The average Bonchev–Trinajstić information content (AvgIpc) is 3.46. The molecule has 6 aromatic rings. The van der Waals surface area contributed by atoms with Crippen molar-refractivity contribution in [3.8, 4) is 22.3 Å². The lowest BCUT2D eigenvalue weighted by molar-refractivity contribution is 0.795. The van der Waals surface area contributed by atoms with Crippen molar-refractivity contribution in [2.24, 2.45) is 0 Å². The van der Waals surface area contributed by atoms with Crippen molar-refractivity contribution in [2.45, 2.75) is 5.41 Å². The SMILES string of the molecule is c1ccc2c(c1)-c1ccccc1C21c2ccccc2-c2cc3sc4ccccc4c3cc21. The van der Waals surface area contributed by atoms with Gasteiger partial charge in [0.15, 0.2) is 0 Å². The molecule has 5 aromatic carbocycles. The second-order valence-electron chi connectivity index (χ2n) is 8.88. The summed E-state index contributed by atoms with van der Waals surface area (Å²) < 4.78 is 2.73. The van der Waals surface area contributed by atoms with Crippen LogP contribution in [-0.4, -0.2) is 0 Å². The predicted molar refractivity (Wildman–Crippen MR) is 136 cm³/mol. The minimum atomic E-state index is -0.254. The number of hydrogen-bond donors (Lipinski definition) is 0. The van der Waals surface area contributed by atoms with Gasteiger partial charge in [-0.2, -0.15) is 0 Å². The molecule has 148 valence electrons. The van der Waals surface area contributed by atoms with Crippen LogP contribution < -0.4 is 0 Å². The van der Waals surface area contributed by atoms with Gasteiger partial charge >= 0.3 is 0 Å². The van der Waals surface area contributed by atoms with Gasteiger partial charge in [0.1, 0.15) is 0 Å². The number of thiophene rings is 1. The van der Waals surface area contributed by atoms with Gasteiger partial charge in [0.05, 0.1) is 5.41 Å². The normalized spacial score (nSPS) is 14.5. The molecule has 1 heteroatoms. The Morgan fingerprint density at radius 3 is 1.59 bits per heavy atom. The largest absolute Gasteiger partial charge is 0.135 e. The van der Waals surface area contributed by atoms with Gasteiger partial charge in [-0.3, -0.25) is 0 Å². The van der Waals surface area contributed by atoms with Crippen LogP contribution in [0.3, 0.4) is 0 Å². The van der Waals surface area contributed by atoms with E-state index >= 15 is 0 Å². The lowest BCUT2D eigenvalue weighted by Gasteiger charge is -2.30. The molecule has 0 amide bonds. The zero-order valence-electron chi connectivity index (χ0n) is 17.3. The highest BCUT2D eigenvalue weighted by atomic mass is 32.1. The molecule has 32 heavy (non-hydrogen) atoms. The second-order valence-corrected chi connectivity index (χ2v) is 9.96. The molecule has 0 atom stereocenters. The van der Waals surface area contributed by atoms with Crippen LogP contribution in [0.15, 0.2) is 109 Å². The molecule has 0 aliphatic heterocycles. The smallest absolute Gasteiger partial charge is 0.0725 e. The Morgan fingerprint density at radius 2 is 0.938 bits per heavy atom. The molecule has 0 N–H and O–H groups in total. The van der Waals surface area contributed by atoms with E-state index in [1.165, 1.54) is 64.7 Å². The van der Waals surface area contributed by atoms with Crippen LogP contribution in [0, 0.1) is 0 Å². The molecule has 0 saturated carbocycles. The molecular formula is C31H18S. The fraction of sp³-hybridized carbons (Fsp3) is 0.0323. The third kappa shape index (κ3) is 1.82. The van der Waals surface area contributed by atoms with Crippen molar-refractivity contribution in [3.05, 3.63) is 131 Å². The number of rotatable bonds is 0. The van der Waals surface area contributed by atoms with Gasteiger partial charge in [-0.15, -0.1) is 11.3 Å². The maximum atomic E-state index is 2.50. The van der Waals surface area contributed by atoms with E-state index in [2.05, 4.69) is 109 Å². The van der Waals surface area contributed by atoms with Crippen LogP contribution in [0.5, 0.6) is 0 Å². The van der Waals surface area contributed by atoms with E-state index in [9.17, 15) is 0 Å². The Labute approximate surface area is 190 Å². The Bertz CT molecular complexity index is 1690. The van der Waals surface area contributed by atoms with Crippen LogP contribution >= 0.6 is 11.3 Å². The lowest BCUT2D eigenvalue weighted by Crippen LogP contribution is -2.25. The molecule has 0 fully saturated rings. The lowest BCUT2D eigenvalue weighted by atomic mass is 9.70. The van der Waals surface area contributed by atoms with E-state index in [1.54, 1.807) is 0 Å². The first-order valence-electron chi connectivity index (χ1n) is 11.1. The minimum Gasteiger partial charge on any atom is -0.135 e. The summed E-state index contributed by atoms with van der Waals surface area (Å²) in [7, 11) is 0. The Balaban J connectivity index is 1.62. The third-order valence-corrected chi connectivity index (χ3v) is 8.63. The summed E-state index contributed by atoms with van der Waals surface area (Å²) in [6, 6.07) is 40.8. The Morgan fingerprint density at radius 1 is 0.406 bits per heavy atom. The molecule has 0 radical (unpaired) electrons. The summed E-state index contributed by atoms with van der Waals surface area (Å²) in [6.45, 7) is 0. The fourth-order valence-corrected chi connectivity index (χ4v) is 7.44. The van der Waals surface area contributed by atoms with Gasteiger partial charge in [0.25, 0.3) is 0 Å². The van der Waals surface area contributed by atoms with E-state index in [-0.39, 0.29) is 5.41 Å². The summed E-state index contributed by atoms with van der Waals surface area (Å²) in [4.78, 5) is 0. The summed E-state index contributed by atoms with van der Waals surface area (Å²) >= 11 is 1.90. The monoisotopic (exact) mass is 422 g/mol. The van der Waals surface area contributed by atoms with E-state index in [4.69, 9.17) is 0 Å². The van der Waals surface area contributed by atoms with Crippen molar-refractivity contribution < 1.29 is 0 Å². The van der Waals surface area contributed by atoms with Crippen LogP contribution in [0.4, 0.5) is 0 Å². The van der Waals surface area contributed by atoms with Gasteiger partial charge in [0, 0.05) is 20.2 Å². The molecule has 0 bridgehead atoms. The van der Waals surface area contributed by atoms with Crippen LogP contribution in [-0.2, 0) is 5.41 Å². The standard InChI is InChI=1S/C31H18S/c1-5-13-25-19(9-1)20-10-2-6-14-26(20)31(25)27-15-7-3-11-21(27)23-18-30-24(17-28(23)31)22-12-4-8-16-29(22)32-30/h1-18H. The molecule has 0 nitrogen and oxygen atoms in total. The summed E-state index contributed by atoms with van der Waals surface area (Å²) in [6.07, 6.45) is 0. The average molecular weight is 423 g/mol. The number of benzene rings is 5. The highest BCUT2D eigenvalue weighted by molar-refractivity contribution is 7.25. The topological polar surface area (TPSA) is 0 Å². The molecule has 0 saturated heterocycles. The molecule has 2 aliphatic carbocycles. The first-order chi connectivity index (χ1) is 15.9. The molecular weight excluding hydrogens is 404 g/mol. The predicted octanol–water partition coefficient (Wildman–Crippen LogP) is 8.40.